The number of hydrogen-bond donors (Lipinski definition) is 1. The highest BCUT2D eigenvalue weighted by atomic mass is 15.2. The van der Waals surface area contributed by atoms with Gasteiger partial charge in [0.15, 0.2) is 0 Å². The van der Waals surface area contributed by atoms with Crippen LogP contribution in [0.2, 0.25) is 0 Å². The average molecular weight is 282 g/mol. The molecule has 2 aromatic rings. The Morgan fingerprint density at radius 2 is 1.86 bits per heavy atom. The van der Waals surface area contributed by atoms with Gasteiger partial charge in [0.1, 0.15) is 18.0 Å². The number of aromatic nitrogens is 2. The fourth-order valence-corrected chi connectivity index (χ4v) is 2.66. The predicted molar refractivity (Wildman–Crippen MR) is 86.6 cm³/mol. The number of rotatable bonds is 2. The number of anilines is 2. The molecule has 0 saturated carbocycles. The van der Waals surface area contributed by atoms with Crippen molar-refractivity contribution in [1.82, 2.24) is 9.97 Å². The number of benzene rings is 1. The maximum Gasteiger partial charge on any atom is 0.134 e. The zero-order chi connectivity index (χ0) is 14.9. The van der Waals surface area contributed by atoms with Gasteiger partial charge in [-0.05, 0) is 38.3 Å². The van der Waals surface area contributed by atoms with Gasteiger partial charge in [-0.25, -0.2) is 9.97 Å². The van der Waals surface area contributed by atoms with Gasteiger partial charge in [0.2, 0.25) is 0 Å². The second-order valence-electron chi connectivity index (χ2n) is 6.58. The molecule has 0 amide bonds. The molecule has 2 heterocycles. The summed E-state index contributed by atoms with van der Waals surface area (Å²) in [6.07, 6.45) is 2.71. The van der Waals surface area contributed by atoms with Gasteiger partial charge < -0.3 is 10.2 Å². The highest BCUT2D eigenvalue weighted by Crippen LogP contribution is 2.24. The minimum Gasteiger partial charge on any atom is -0.365 e. The molecule has 0 saturated heterocycles. The lowest BCUT2D eigenvalue weighted by Crippen LogP contribution is -2.31. The molecule has 1 aromatic heterocycles. The maximum atomic E-state index is 4.44. The standard InChI is InChI=1S/C17H22N4/c1-17(2,3)20-15-10-16(19-12-18-15)21-9-8-13-6-4-5-7-14(13)11-21/h4-7,10,12H,8-9,11H2,1-3H3,(H,18,19,20). The van der Waals surface area contributed by atoms with Crippen molar-refractivity contribution in [2.45, 2.75) is 39.3 Å². The van der Waals surface area contributed by atoms with E-state index in [1.165, 1.54) is 11.1 Å². The Labute approximate surface area is 126 Å². The summed E-state index contributed by atoms with van der Waals surface area (Å²) in [5.41, 5.74) is 2.85. The third-order valence-corrected chi connectivity index (χ3v) is 3.61. The molecule has 0 fully saturated rings. The largest absolute Gasteiger partial charge is 0.365 e. The van der Waals surface area contributed by atoms with Gasteiger partial charge in [-0.1, -0.05) is 24.3 Å². The van der Waals surface area contributed by atoms with E-state index in [0.717, 1.165) is 31.1 Å². The van der Waals surface area contributed by atoms with Crippen molar-refractivity contribution in [2.75, 3.05) is 16.8 Å². The first-order chi connectivity index (χ1) is 10.0. The SMILES string of the molecule is CC(C)(C)Nc1cc(N2CCc3ccccc3C2)ncn1. The van der Waals surface area contributed by atoms with Crippen molar-refractivity contribution >= 4 is 11.6 Å². The molecule has 1 aromatic carbocycles. The van der Waals surface area contributed by atoms with Gasteiger partial charge in [-0.2, -0.15) is 0 Å². The minimum atomic E-state index is 0.000120. The van der Waals surface area contributed by atoms with Crippen LogP contribution in [-0.4, -0.2) is 22.1 Å². The van der Waals surface area contributed by atoms with Gasteiger partial charge in [-0.15, -0.1) is 0 Å². The third-order valence-electron chi connectivity index (χ3n) is 3.61. The second kappa shape index (κ2) is 5.35. The van der Waals surface area contributed by atoms with Crippen LogP contribution in [0.3, 0.4) is 0 Å². The first-order valence-corrected chi connectivity index (χ1v) is 7.43. The zero-order valence-electron chi connectivity index (χ0n) is 12.9. The number of hydrogen-bond acceptors (Lipinski definition) is 4. The quantitative estimate of drug-likeness (QED) is 0.918. The topological polar surface area (TPSA) is 41.0 Å². The van der Waals surface area contributed by atoms with Crippen LogP contribution in [0.5, 0.6) is 0 Å². The summed E-state index contributed by atoms with van der Waals surface area (Å²) in [7, 11) is 0. The Morgan fingerprint density at radius 1 is 1.10 bits per heavy atom. The monoisotopic (exact) mass is 282 g/mol. The lowest BCUT2D eigenvalue weighted by Gasteiger charge is -2.30. The maximum absolute atomic E-state index is 4.44. The minimum absolute atomic E-state index is 0.000120. The van der Waals surface area contributed by atoms with E-state index in [1.54, 1.807) is 6.33 Å². The first-order valence-electron chi connectivity index (χ1n) is 7.43. The van der Waals surface area contributed by atoms with E-state index in [9.17, 15) is 0 Å². The summed E-state index contributed by atoms with van der Waals surface area (Å²) in [5, 5.41) is 3.40. The van der Waals surface area contributed by atoms with Crippen molar-refractivity contribution in [3.05, 3.63) is 47.8 Å². The fourth-order valence-electron chi connectivity index (χ4n) is 2.66. The average Bonchev–Trinajstić information content (AvgIpc) is 2.45. The fraction of sp³-hybridized carbons (Fsp3) is 0.412. The zero-order valence-corrected chi connectivity index (χ0v) is 12.9. The highest BCUT2D eigenvalue weighted by molar-refractivity contribution is 5.51. The van der Waals surface area contributed by atoms with Crippen LogP contribution in [0.4, 0.5) is 11.6 Å². The molecule has 0 bridgehead atoms. The molecule has 110 valence electrons. The van der Waals surface area contributed by atoms with Crippen LogP contribution in [-0.2, 0) is 13.0 Å². The summed E-state index contributed by atoms with van der Waals surface area (Å²) >= 11 is 0. The van der Waals surface area contributed by atoms with Gasteiger partial charge in [0.25, 0.3) is 0 Å². The molecule has 0 spiro atoms. The van der Waals surface area contributed by atoms with E-state index in [-0.39, 0.29) is 5.54 Å². The molecule has 1 aliphatic rings. The van der Waals surface area contributed by atoms with Crippen LogP contribution < -0.4 is 10.2 Å². The molecule has 0 unspecified atom stereocenters. The molecule has 4 nitrogen and oxygen atoms in total. The van der Waals surface area contributed by atoms with Crippen LogP contribution in [0.15, 0.2) is 36.7 Å². The van der Waals surface area contributed by atoms with E-state index in [2.05, 4.69) is 65.2 Å². The lowest BCUT2D eigenvalue weighted by molar-refractivity contribution is 0.629. The second-order valence-corrected chi connectivity index (χ2v) is 6.58. The molecule has 4 heteroatoms. The van der Waals surface area contributed by atoms with E-state index >= 15 is 0 Å². The summed E-state index contributed by atoms with van der Waals surface area (Å²) < 4.78 is 0. The first kappa shape index (κ1) is 13.9. The predicted octanol–water partition coefficient (Wildman–Crippen LogP) is 3.25. The molecule has 0 aliphatic carbocycles. The summed E-state index contributed by atoms with van der Waals surface area (Å²) in [5.74, 6) is 1.87. The summed E-state index contributed by atoms with van der Waals surface area (Å²) in [4.78, 5) is 11.1. The Morgan fingerprint density at radius 3 is 2.62 bits per heavy atom. The van der Waals surface area contributed by atoms with Crippen molar-refractivity contribution < 1.29 is 0 Å². The van der Waals surface area contributed by atoms with Crippen molar-refractivity contribution in [2.24, 2.45) is 0 Å². The number of nitrogens with zero attached hydrogens (tertiary/aromatic N) is 3. The van der Waals surface area contributed by atoms with Gasteiger partial charge in [-0.3, -0.25) is 0 Å². The number of nitrogens with one attached hydrogen (secondary N) is 1. The Balaban J connectivity index is 1.81. The summed E-state index contributed by atoms with van der Waals surface area (Å²) in [6, 6.07) is 10.7. The van der Waals surface area contributed by atoms with Crippen LogP contribution in [0.1, 0.15) is 31.9 Å². The Hall–Kier alpha value is -2.10. The molecule has 0 radical (unpaired) electrons. The van der Waals surface area contributed by atoms with Gasteiger partial charge >= 0.3 is 0 Å². The van der Waals surface area contributed by atoms with E-state index in [0.29, 0.717) is 0 Å². The van der Waals surface area contributed by atoms with Gasteiger partial charge in [0.05, 0.1) is 0 Å². The van der Waals surface area contributed by atoms with Crippen molar-refractivity contribution in [3.63, 3.8) is 0 Å². The Bertz CT molecular complexity index is 631. The van der Waals surface area contributed by atoms with Crippen LogP contribution >= 0.6 is 0 Å². The lowest BCUT2D eigenvalue weighted by atomic mass is 10.00. The molecule has 21 heavy (non-hydrogen) atoms. The molecular weight excluding hydrogens is 260 g/mol. The normalized spacial score (nSPS) is 14.7. The Kier molecular flexibility index (Phi) is 3.53. The van der Waals surface area contributed by atoms with Crippen LogP contribution in [0.25, 0.3) is 0 Å². The molecule has 3 rings (SSSR count). The van der Waals surface area contributed by atoms with Crippen LogP contribution in [0, 0.1) is 0 Å². The number of fused-ring (bicyclic) bond motifs is 1. The highest BCUT2D eigenvalue weighted by Gasteiger charge is 2.18. The van der Waals surface area contributed by atoms with Crippen molar-refractivity contribution in [3.8, 4) is 0 Å². The molecular formula is C17H22N4. The molecule has 1 N–H and O–H groups in total. The van der Waals surface area contributed by atoms with Crippen molar-refractivity contribution in [1.29, 1.82) is 0 Å². The molecule has 1 aliphatic heterocycles. The van der Waals surface area contributed by atoms with Gasteiger partial charge in [0, 0.05) is 24.7 Å². The van der Waals surface area contributed by atoms with E-state index < -0.39 is 0 Å². The summed E-state index contributed by atoms with van der Waals surface area (Å²) in [6.45, 7) is 8.31. The molecule has 0 atom stereocenters. The smallest absolute Gasteiger partial charge is 0.134 e. The van der Waals surface area contributed by atoms with E-state index in [1.807, 2.05) is 6.07 Å². The van der Waals surface area contributed by atoms with E-state index in [4.69, 9.17) is 0 Å². The third kappa shape index (κ3) is 3.32.